The predicted molar refractivity (Wildman–Crippen MR) is 58.2 cm³/mol. The van der Waals surface area contributed by atoms with Crippen LogP contribution in [0.5, 0.6) is 0 Å². The van der Waals surface area contributed by atoms with Crippen molar-refractivity contribution >= 4 is 0 Å². The van der Waals surface area contributed by atoms with Gasteiger partial charge in [-0.3, -0.25) is 0 Å². The van der Waals surface area contributed by atoms with Crippen molar-refractivity contribution in [3.8, 4) is 0 Å². The van der Waals surface area contributed by atoms with Crippen molar-refractivity contribution in [1.29, 1.82) is 0 Å². The van der Waals surface area contributed by atoms with E-state index in [9.17, 15) is 10.2 Å². The summed E-state index contributed by atoms with van der Waals surface area (Å²) in [6.45, 7) is 0. The van der Waals surface area contributed by atoms with Crippen LogP contribution in [0.15, 0.2) is 0 Å². The molecule has 1 saturated carbocycles. The molecule has 1 aliphatic rings. The maximum Gasteiger partial charge on any atom is 0.0799 e. The molecule has 0 amide bonds. The van der Waals surface area contributed by atoms with Crippen LogP contribution >= 0.6 is 0 Å². The number of rotatable bonds is 0. The minimum Gasteiger partial charge on any atom is -0.390 e. The fourth-order valence-electron chi connectivity index (χ4n) is 2.15. The molecule has 1 fully saturated rings. The molecule has 2 heteroatoms. The highest BCUT2D eigenvalue weighted by molar-refractivity contribution is 4.68. The summed E-state index contributed by atoms with van der Waals surface area (Å²) in [5.41, 5.74) is 0. The lowest BCUT2D eigenvalue weighted by Gasteiger charge is -2.18. The van der Waals surface area contributed by atoms with E-state index in [1.807, 2.05) is 0 Å². The summed E-state index contributed by atoms with van der Waals surface area (Å²) in [5, 5.41) is 19.2. The Labute approximate surface area is 87.3 Å². The zero-order valence-electron chi connectivity index (χ0n) is 9.12. The van der Waals surface area contributed by atoms with Gasteiger partial charge in [0.15, 0.2) is 0 Å². The molecular weight excluding hydrogens is 176 g/mol. The summed E-state index contributed by atoms with van der Waals surface area (Å²) < 4.78 is 0. The molecule has 1 aliphatic carbocycles. The van der Waals surface area contributed by atoms with Crippen LogP contribution in [0, 0.1) is 0 Å². The van der Waals surface area contributed by atoms with E-state index in [4.69, 9.17) is 0 Å². The smallest absolute Gasteiger partial charge is 0.0799 e. The highest BCUT2D eigenvalue weighted by Crippen LogP contribution is 2.17. The van der Waals surface area contributed by atoms with Gasteiger partial charge >= 0.3 is 0 Å². The molecule has 0 bridgehead atoms. The predicted octanol–water partition coefficient (Wildman–Crippen LogP) is 2.62. The Morgan fingerprint density at radius 3 is 1.14 bits per heavy atom. The van der Waals surface area contributed by atoms with Crippen LogP contribution < -0.4 is 0 Å². The minimum atomic E-state index is -0.477. The summed E-state index contributed by atoms with van der Waals surface area (Å²) in [4.78, 5) is 0. The van der Waals surface area contributed by atoms with Gasteiger partial charge in [0, 0.05) is 0 Å². The van der Waals surface area contributed by atoms with E-state index >= 15 is 0 Å². The summed E-state index contributed by atoms with van der Waals surface area (Å²) in [6.07, 6.45) is 10.4. The minimum absolute atomic E-state index is 0.477. The summed E-state index contributed by atoms with van der Waals surface area (Å²) in [5.74, 6) is 0. The van der Waals surface area contributed by atoms with E-state index in [1.54, 1.807) is 0 Å². The van der Waals surface area contributed by atoms with Crippen LogP contribution in [0.4, 0.5) is 0 Å². The normalized spacial score (nSPS) is 33.0. The zero-order valence-corrected chi connectivity index (χ0v) is 9.12. The van der Waals surface area contributed by atoms with Gasteiger partial charge < -0.3 is 10.2 Å². The third-order valence-corrected chi connectivity index (χ3v) is 3.19. The molecule has 14 heavy (non-hydrogen) atoms. The Balaban J connectivity index is 2.23. The summed E-state index contributed by atoms with van der Waals surface area (Å²) >= 11 is 0. The Hall–Kier alpha value is -0.0800. The van der Waals surface area contributed by atoms with E-state index < -0.39 is 12.2 Å². The van der Waals surface area contributed by atoms with Crippen molar-refractivity contribution in [2.75, 3.05) is 0 Å². The van der Waals surface area contributed by atoms with Gasteiger partial charge in [0.25, 0.3) is 0 Å². The third kappa shape index (κ3) is 4.97. The summed E-state index contributed by atoms with van der Waals surface area (Å²) in [7, 11) is 0. The molecule has 2 atom stereocenters. The Bertz CT molecular complexity index is 120. The molecule has 0 radical (unpaired) electrons. The molecule has 0 spiro atoms. The number of hydrogen-bond acceptors (Lipinski definition) is 2. The van der Waals surface area contributed by atoms with E-state index in [2.05, 4.69) is 0 Å². The standard InChI is InChI=1S/C12H24O2/c13-11-9-7-5-3-1-2-4-6-8-10-12(11)14/h11-14H,1-10H2/t11-,12+. The lowest BCUT2D eigenvalue weighted by molar-refractivity contribution is 0.00685. The highest BCUT2D eigenvalue weighted by Gasteiger charge is 2.15. The maximum absolute atomic E-state index is 9.61. The van der Waals surface area contributed by atoms with Crippen molar-refractivity contribution in [3.05, 3.63) is 0 Å². The van der Waals surface area contributed by atoms with Gasteiger partial charge in [0.05, 0.1) is 12.2 Å². The van der Waals surface area contributed by atoms with Crippen molar-refractivity contribution in [1.82, 2.24) is 0 Å². The molecule has 2 nitrogen and oxygen atoms in total. The van der Waals surface area contributed by atoms with Gasteiger partial charge in [-0.15, -0.1) is 0 Å². The molecule has 0 heterocycles. The molecule has 2 N–H and O–H groups in total. The first-order valence-corrected chi connectivity index (χ1v) is 6.17. The maximum atomic E-state index is 9.61. The third-order valence-electron chi connectivity index (χ3n) is 3.19. The van der Waals surface area contributed by atoms with Crippen LogP contribution in [0.2, 0.25) is 0 Å². The fourth-order valence-corrected chi connectivity index (χ4v) is 2.15. The van der Waals surface area contributed by atoms with Crippen molar-refractivity contribution in [2.24, 2.45) is 0 Å². The SMILES string of the molecule is O[C@@H]1CCCCCCCCCC[C@@H]1O. The second-order valence-electron chi connectivity index (χ2n) is 4.54. The first-order valence-electron chi connectivity index (χ1n) is 6.17. The molecule has 1 rings (SSSR count). The Morgan fingerprint density at radius 1 is 0.500 bits per heavy atom. The van der Waals surface area contributed by atoms with Gasteiger partial charge in [-0.2, -0.15) is 0 Å². The van der Waals surface area contributed by atoms with E-state index in [0.717, 1.165) is 25.7 Å². The van der Waals surface area contributed by atoms with Gasteiger partial charge in [-0.05, 0) is 12.8 Å². The van der Waals surface area contributed by atoms with Crippen LogP contribution in [0.25, 0.3) is 0 Å². The van der Waals surface area contributed by atoms with Crippen LogP contribution in [-0.4, -0.2) is 22.4 Å². The highest BCUT2D eigenvalue weighted by atomic mass is 16.3. The monoisotopic (exact) mass is 200 g/mol. The lowest BCUT2D eigenvalue weighted by Crippen LogP contribution is -2.25. The number of aliphatic hydroxyl groups is 2. The second-order valence-corrected chi connectivity index (χ2v) is 4.54. The zero-order chi connectivity index (χ0) is 10.2. The van der Waals surface area contributed by atoms with Crippen molar-refractivity contribution < 1.29 is 10.2 Å². The Morgan fingerprint density at radius 2 is 0.786 bits per heavy atom. The quantitative estimate of drug-likeness (QED) is 0.631. The van der Waals surface area contributed by atoms with Crippen molar-refractivity contribution in [2.45, 2.75) is 76.4 Å². The number of aliphatic hydroxyl groups excluding tert-OH is 2. The average Bonchev–Trinajstić information content (AvgIpc) is 2.18. The van der Waals surface area contributed by atoms with Gasteiger partial charge in [-0.1, -0.05) is 51.4 Å². The molecule has 0 aliphatic heterocycles. The molecule has 0 aromatic rings. The number of hydrogen-bond donors (Lipinski definition) is 2. The Kier molecular flexibility index (Phi) is 6.20. The molecule has 0 saturated heterocycles. The molecule has 0 unspecified atom stereocenters. The average molecular weight is 200 g/mol. The fraction of sp³-hybridized carbons (Fsp3) is 1.00. The molecule has 0 aromatic heterocycles. The van der Waals surface area contributed by atoms with E-state index in [0.29, 0.717) is 0 Å². The summed E-state index contributed by atoms with van der Waals surface area (Å²) in [6, 6.07) is 0. The molecule has 0 aromatic carbocycles. The van der Waals surface area contributed by atoms with E-state index in [-0.39, 0.29) is 0 Å². The largest absolute Gasteiger partial charge is 0.390 e. The van der Waals surface area contributed by atoms with Crippen LogP contribution in [0.3, 0.4) is 0 Å². The van der Waals surface area contributed by atoms with Crippen LogP contribution in [0.1, 0.15) is 64.2 Å². The van der Waals surface area contributed by atoms with Gasteiger partial charge in [0.2, 0.25) is 0 Å². The first-order chi connectivity index (χ1) is 6.80. The molecular formula is C12H24O2. The van der Waals surface area contributed by atoms with E-state index in [1.165, 1.54) is 38.5 Å². The molecule has 84 valence electrons. The van der Waals surface area contributed by atoms with Crippen molar-refractivity contribution in [3.63, 3.8) is 0 Å². The second kappa shape index (κ2) is 7.24. The van der Waals surface area contributed by atoms with Gasteiger partial charge in [0.1, 0.15) is 0 Å². The first kappa shape index (κ1) is 12.0. The van der Waals surface area contributed by atoms with Crippen LogP contribution in [-0.2, 0) is 0 Å². The topological polar surface area (TPSA) is 40.5 Å². The van der Waals surface area contributed by atoms with Gasteiger partial charge in [-0.25, -0.2) is 0 Å². The lowest BCUT2D eigenvalue weighted by atomic mass is 9.98.